The Bertz CT molecular complexity index is 1810. The molecule has 8 atom stereocenters. The van der Waals surface area contributed by atoms with Crippen molar-refractivity contribution in [2.24, 2.45) is 52.5 Å². The summed E-state index contributed by atoms with van der Waals surface area (Å²) in [4.78, 5) is 118. The average molecular weight is 1190 g/mol. The fraction of sp³-hybridized carbons (Fsp3) is 0.816. The molecule has 0 aromatic carbocycles. The maximum Gasteiger partial charge on any atom is 0.243 e. The van der Waals surface area contributed by atoms with Crippen molar-refractivity contribution in [2.45, 2.75) is 203 Å². The van der Waals surface area contributed by atoms with Crippen LogP contribution in [0, 0.1) is 0 Å². The second-order valence-electron chi connectivity index (χ2n) is 20.3. The minimum Gasteiger partial charge on any atom is -0.368 e. The Morgan fingerprint density at radius 1 is 0.265 bits per heavy atom. The quantitative estimate of drug-likeness (QED) is 0.0153. The topological polar surface area (TPSA) is 580 Å². The summed E-state index contributed by atoms with van der Waals surface area (Å²) in [6.07, 6.45) is 10.0. The highest BCUT2D eigenvalue weighted by molar-refractivity contribution is 5.93. The van der Waals surface area contributed by atoms with Gasteiger partial charge in [0.15, 0.2) is 0 Å². The maximum atomic E-state index is 14.3. The third kappa shape index (κ3) is 38.2. The van der Waals surface area contributed by atoms with Gasteiger partial charge in [-0.3, -0.25) is 112 Å². The molecule has 0 fully saturated rings. The van der Waals surface area contributed by atoms with Crippen molar-refractivity contribution in [1.29, 1.82) is 0 Å². The normalized spacial score (nSPS) is 14.1. The lowest BCUT2D eigenvalue weighted by Crippen LogP contribution is -2.57. The molecule has 0 bridgehead atoms. The molecule has 0 heterocycles. The van der Waals surface area contributed by atoms with Gasteiger partial charge in [-0.05, 0) is 148 Å². The van der Waals surface area contributed by atoms with Crippen LogP contribution in [0.15, 0.2) is 0 Å². The zero-order chi connectivity index (χ0) is 62.0. The molecule has 0 aliphatic rings. The maximum absolute atomic E-state index is 14.3. The second kappa shape index (κ2) is 51.0. The molecule has 34 nitrogen and oxygen atoms in total. The molecule has 0 spiro atoms. The lowest BCUT2D eigenvalue weighted by molar-refractivity contribution is -0.133. The molecular formula is C49H107N25O9. The number of carbonyl (C=O) groups excluding carboxylic acids is 9. The van der Waals surface area contributed by atoms with Crippen molar-refractivity contribution in [3.05, 3.63) is 0 Å². The smallest absolute Gasteiger partial charge is 0.243 e. The Morgan fingerprint density at radius 3 is 0.759 bits per heavy atom. The van der Waals surface area contributed by atoms with Gasteiger partial charge < -0.3 is 48.3 Å². The van der Waals surface area contributed by atoms with Gasteiger partial charge in [0.1, 0.15) is 24.2 Å². The van der Waals surface area contributed by atoms with Gasteiger partial charge in [0.05, 0.1) is 24.2 Å². The van der Waals surface area contributed by atoms with E-state index in [9.17, 15) is 43.2 Å². The summed E-state index contributed by atoms with van der Waals surface area (Å²) in [7, 11) is 0. The molecular weight excluding hydrogens is 1080 g/mol. The predicted octanol–water partition coefficient (Wildman–Crippen LogP) is -7.95. The molecule has 9 amide bonds. The molecule has 83 heavy (non-hydrogen) atoms. The zero-order valence-corrected chi connectivity index (χ0v) is 48.9. The summed E-state index contributed by atoms with van der Waals surface area (Å²) < 4.78 is 0. The van der Waals surface area contributed by atoms with E-state index in [1.165, 1.54) is 6.92 Å². The molecule has 0 saturated heterocycles. The van der Waals surface area contributed by atoms with E-state index in [4.69, 9.17) is 52.5 Å². The average Bonchev–Trinajstić information content (AvgIpc) is 3.46. The lowest BCUT2D eigenvalue weighted by Gasteiger charge is -2.25. The summed E-state index contributed by atoms with van der Waals surface area (Å²) >= 11 is 0. The van der Waals surface area contributed by atoms with Crippen LogP contribution in [-0.4, -0.2) is 154 Å². The first-order chi connectivity index (χ1) is 40.0. The first-order valence-electron chi connectivity index (χ1n) is 29.1. The van der Waals surface area contributed by atoms with E-state index in [0.29, 0.717) is 135 Å². The van der Waals surface area contributed by atoms with Crippen molar-refractivity contribution in [2.75, 3.05) is 52.4 Å². The number of hydrogen-bond acceptors (Lipinski definition) is 25. The summed E-state index contributed by atoms with van der Waals surface area (Å²) in [5.41, 5.74) is 25.8. The Kier molecular flexibility index (Phi) is 47.7. The van der Waals surface area contributed by atoms with E-state index >= 15 is 0 Å². The molecule has 0 saturated carbocycles. The molecule has 482 valence electrons. The molecule has 34 N–H and O–H groups in total. The highest BCUT2D eigenvalue weighted by Gasteiger charge is 2.30. The van der Waals surface area contributed by atoms with Crippen LogP contribution < -0.4 is 138 Å². The Hall–Kier alpha value is -5.41. The van der Waals surface area contributed by atoms with Crippen LogP contribution in [-0.2, 0) is 43.2 Å². The highest BCUT2D eigenvalue weighted by Crippen LogP contribution is 2.10. The Labute approximate surface area is 488 Å². The van der Waals surface area contributed by atoms with Crippen LogP contribution in [0.2, 0.25) is 0 Å². The summed E-state index contributed by atoms with van der Waals surface area (Å²) in [5, 5.41) is 22.3. The number of hydrogen-bond donors (Lipinski definition) is 25. The molecule has 0 aromatic heterocycles. The van der Waals surface area contributed by atoms with Gasteiger partial charge in [-0.25, -0.2) is 21.7 Å². The van der Waals surface area contributed by atoms with Crippen LogP contribution in [0.1, 0.15) is 155 Å². The molecule has 0 aliphatic heterocycles. The van der Waals surface area contributed by atoms with Crippen LogP contribution in [0.5, 0.6) is 0 Å². The molecule has 0 aliphatic carbocycles. The molecule has 0 aromatic rings. The SMILES string of the molecule is CC(=O)N[C@@H](CCCCNC(=O)C(CCCCNC(=O)C(CCCNC(=O)C(CCCCNN)NN)NC(=O)C(CCCCNN)NN)NC(=O)C(CCCCNC(=O)C(CCCCNN)NN)NC(=O)C(CCCCNN)NN)C(N)=O. The number of amides is 9. The highest BCUT2D eigenvalue weighted by atomic mass is 16.2. The number of nitrogens with two attached hydrogens (primary N) is 9. The minimum atomic E-state index is -1.15. The van der Waals surface area contributed by atoms with Crippen molar-refractivity contribution < 1.29 is 43.2 Å². The first kappa shape index (κ1) is 77.6. The van der Waals surface area contributed by atoms with E-state index in [1.807, 2.05) is 0 Å². The number of nitrogens with one attached hydrogen (secondary N) is 16. The van der Waals surface area contributed by atoms with E-state index < -0.39 is 89.7 Å². The van der Waals surface area contributed by atoms with E-state index in [-0.39, 0.29) is 63.7 Å². The van der Waals surface area contributed by atoms with Crippen molar-refractivity contribution in [3.63, 3.8) is 0 Å². The number of primary amides is 1. The summed E-state index contributed by atoms with van der Waals surface area (Å²) in [5.74, 6) is 39.8. The number of carbonyl (C=O) groups is 9. The van der Waals surface area contributed by atoms with Crippen molar-refractivity contribution >= 4 is 53.2 Å². The lowest BCUT2D eigenvalue weighted by atomic mass is 10.0. The van der Waals surface area contributed by atoms with Gasteiger partial charge in [0.2, 0.25) is 53.2 Å². The Morgan fingerprint density at radius 2 is 0.482 bits per heavy atom. The number of rotatable bonds is 55. The van der Waals surface area contributed by atoms with Gasteiger partial charge in [-0.1, -0.05) is 0 Å². The van der Waals surface area contributed by atoms with Crippen molar-refractivity contribution in [1.82, 2.24) is 85.9 Å². The second-order valence-corrected chi connectivity index (χ2v) is 20.3. The molecule has 7 unspecified atom stereocenters. The summed E-state index contributed by atoms with van der Waals surface area (Å²) in [6.45, 7) is 4.11. The van der Waals surface area contributed by atoms with Crippen LogP contribution >= 0.6 is 0 Å². The fourth-order valence-electron chi connectivity index (χ4n) is 8.68. The predicted molar refractivity (Wildman–Crippen MR) is 314 cm³/mol. The van der Waals surface area contributed by atoms with Gasteiger partial charge >= 0.3 is 0 Å². The Balaban J connectivity index is 6.39. The summed E-state index contributed by atoms with van der Waals surface area (Å²) in [6, 6.07) is -7.19. The van der Waals surface area contributed by atoms with Gasteiger partial charge in [-0.15, -0.1) is 0 Å². The molecule has 34 heteroatoms. The van der Waals surface area contributed by atoms with Crippen LogP contribution in [0.25, 0.3) is 0 Å². The molecule has 0 rings (SSSR count). The van der Waals surface area contributed by atoms with E-state index in [1.54, 1.807) is 0 Å². The zero-order valence-electron chi connectivity index (χ0n) is 48.9. The van der Waals surface area contributed by atoms with E-state index in [0.717, 1.165) is 12.8 Å². The third-order valence-electron chi connectivity index (χ3n) is 13.6. The van der Waals surface area contributed by atoms with Crippen LogP contribution in [0.3, 0.4) is 0 Å². The fourth-order valence-corrected chi connectivity index (χ4v) is 8.68. The minimum absolute atomic E-state index is 0.0829. The van der Waals surface area contributed by atoms with Gasteiger partial charge in [-0.2, -0.15) is 0 Å². The van der Waals surface area contributed by atoms with Crippen molar-refractivity contribution in [3.8, 4) is 0 Å². The largest absolute Gasteiger partial charge is 0.368 e. The first-order valence-corrected chi connectivity index (χ1v) is 29.1. The third-order valence-corrected chi connectivity index (χ3v) is 13.6. The van der Waals surface area contributed by atoms with Gasteiger partial charge in [0.25, 0.3) is 0 Å². The number of unbranched alkanes of at least 4 members (excludes halogenated alkanes) is 7. The molecule has 0 radical (unpaired) electrons. The standard InChI is InChI=1S/C49H107N25O9/c1-33(75)67-34(42(50)76)17-2-9-25-59-43(77)35(68-47(81)37(70-49(83)41(74-58)23-8-15-32-66-54)19-4-11-27-61-45(79)38(71-55)20-5-12-29-63-51)18-3-10-26-60-44(78)36(69-48(82)40(73-57)22-7-14-31-65-53)24-16-28-62-46(80)39(72-56)21-6-13-30-64-52/h34-41,63-66,71-74H,2-32,51-58H2,1H3,(H2,50,76)(H,59,77)(H,60,78)(H,61,79)(H,62,80)(H,67,75)(H,68,81)(H,69,82)(H,70,83)/t34-,35?,36?,37?,38?,39?,40?,41?/m0/s1. The van der Waals surface area contributed by atoms with Gasteiger partial charge in [0, 0.05) is 59.3 Å². The monoisotopic (exact) mass is 1190 g/mol. The van der Waals surface area contributed by atoms with E-state index in [2.05, 4.69) is 85.9 Å². The number of hydrazine groups is 8. The van der Waals surface area contributed by atoms with Crippen LogP contribution in [0.4, 0.5) is 0 Å².